The molecule has 0 heterocycles. The molecule has 0 aliphatic heterocycles. The summed E-state index contributed by atoms with van der Waals surface area (Å²) < 4.78 is 0. The van der Waals surface area contributed by atoms with Crippen LogP contribution < -0.4 is 11.1 Å². The second kappa shape index (κ2) is 5.28. The Morgan fingerprint density at radius 1 is 1.60 bits per heavy atom. The van der Waals surface area contributed by atoms with Crippen molar-refractivity contribution in [2.24, 2.45) is 0 Å². The molecule has 0 saturated carbocycles. The van der Waals surface area contributed by atoms with Crippen LogP contribution in [0.25, 0.3) is 0 Å². The van der Waals surface area contributed by atoms with Gasteiger partial charge in [0.15, 0.2) is 0 Å². The highest BCUT2D eigenvalue weighted by molar-refractivity contribution is 6.34. The SMILES string of the molecule is CC#CCNC(=O)c1ccc(N)cc1Cl. The van der Waals surface area contributed by atoms with E-state index in [9.17, 15) is 4.79 Å². The van der Waals surface area contributed by atoms with Crippen LogP contribution >= 0.6 is 11.6 Å². The van der Waals surface area contributed by atoms with Crippen LogP contribution in [0.4, 0.5) is 5.69 Å². The molecule has 15 heavy (non-hydrogen) atoms. The van der Waals surface area contributed by atoms with Gasteiger partial charge in [0.05, 0.1) is 17.1 Å². The maximum absolute atomic E-state index is 11.5. The minimum absolute atomic E-state index is 0.247. The van der Waals surface area contributed by atoms with E-state index in [2.05, 4.69) is 17.2 Å². The fourth-order valence-electron chi connectivity index (χ4n) is 1.02. The first kappa shape index (κ1) is 11.4. The van der Waals surface area contributed by atoms with Crippen molar-refractivity contribution in [2.45, 2.75) is 6.92 Å². The van der Waals surface area contributed by atoms with Gasteiger partial charge in [-0.3, -0.25) is 4.79 Å². The summed E-state index contributed by atoms with van der Waals surface area (Å²) in [6, 6.07) is 4.76. The molecule has 0 aliphatic carbocycles. The molecule has 0 unspecified atom stereocenters. The Balaban J connectivity index is 2.76. The number of amides is 1. The first-order valence-corrected chi connectivity index (χ1v) is 4.75. The molecule has 78 valence electrons. The van der Waals surface area contributed by atoms with E-state index in [-0.39, 0.29) is 5.91 Å². The van der Waals surface area contributed by atoms with E-state index < -0.39 is 0 Å². The molecule has 0 atom stereocenters. The van der Waals surface area contributed by atoms with Crippen LogP contribution in [0.5, 0.6) is 0 Å². The monoisotopic (exact) mass is 222 g/mol. The second-order valence-electron chi connectivity index (χ2n) is 2.85. The third-order valence-corrected chi connectivity index (χ3v) is 2.06. The number of hydrogen-bond acceptors (Lipinski definition) is 2. The molecule has 0 bridgehead atoms. The number of nitrogen functional groups attached to an aromatic ring is 1. The fraction of sp³-hybridized carbons (Fsp3) is 0.182. The van der Waals surface area contributed by atoms with E-state index in [0.29, 0.717) is 22.8 Å². The summed E-state index contributed by atoms with van der Waals surface area (Å²) in [5.74, 6) is 5.16. The van der Waals surface area contributed by atoms with Gasteiger partial charge in [-0.2, -0.15) is 0 Å². The second-order valence-corrected chi connectivity index (χ2v) is 3.26. The molecule has 0 aliphatic rings. The summed E-state index contributed by atoms with van der Waals surface area (Å²) in [4.78, 5) is 11.5. The van der Waals surface area contributed by atoms with Crippen molar-refractivity contribution in [3.8, 4) is 11.8 Å². The zero-order valence-electron chi connectivity index (χ0n) is 8.30. The first-order valence-electron chi connectivity index (χ1n) is 4.38. The van der Waals surface area contributed by atoms with Crippen molar-refractivity contribution >= 4 is 23.2 Å². The molecule has 0 radical (unpaired) electrons. The highest BCUT2D eigenvalue weighted by Crippen LogP contribution is 2.18. The van der Waals surface area contributed by atoms with Crippen molar-refractivity contribution in [3.05, 3.63) is 28.8 Å². The van der Waals surface area contributed by atoms with Gasteiger partial charge in [-0.05, 0) is 25.1 Å². The minimum Gasteiger partial charge on any atom is -0.399 e. The molecular weight excluding hydrogens is 212 g/mol. The van der Waals surface area contributed by atoms with E-state index >= 15 is 0 Å². The van der Waals surface area contributed by atoms with Crippen LogP contribution in [0, 0.1) is 11.8 Å². The van der Waals surface area contributed by atoms with Gasteiger partial charge in [0.25, 0.3) is 5.91 Å². The summed E-state index contributed by atoms with van der Waals surface area (Å²) in [5, 5.41) is 2.97. The molecule has 1 aromatic carbocycles. The van der Waals surface area contributed by atoms with Crippen molar-refractivity contribution < 1.29 is 4.79 Å². The molecule has 0 spiro atoms. The lowest BCUT2D eigenvalue weighted by Crippen LogP contribution is -2.23. The summed E-state index contributed by atoms with van der Waals surface area (Å²) in [6.07, 6.45) is 0. The van der Waals surface area contributed by atoms with Crippen LogP contribution in [0.15, 0.2) is 18.2 Å². The van der Waals surface area contributed by atoms with Crippen LogP contribution in [-0.2, 0) is 0 Å². The van der Waals surface area contributed by atoms with Gasteiger partial charge in [-0.25, -0.2) is 0 Å². The lowest BCUT2D eigenvalue weighted by molar-refractivity contribution is 0.0959. The summed E-state index contributed by atoms with van der Waals surface area (Å²) in [7, 11) is 0. The number of carbonyl (C=O) groups is 1. The van der Waals surface area contributed by atoms with Crippen LogP contribution in [0.3, 0.4) is 0 Å². The van der Waals surface area contributed by atoms with Crippen molar-refractivity contribution in [2.75, 3.05) is 12.3 Å². The number of carbonyl (C=O) groups excluding carboxylic acids is 1. The molecule has 1 aromatic rings. The number of nitrogens with one attached hydrogen (secondary N) is 1. The predicted octanol–water partition coefficient (Wildman–Crippen LogP) is 1.68. The summed E-state index contributed by atoms with van der Waals surface area (Å²) in [6.45, 7) is 2.03. The Bertz CT molecular complexity index is 432. The van der Waals surface area contributed by atoms with Crippen molar-refractivity contribution in [3.63, 3.8) is 0 Å². The van der Waals surface area contributed by atoms with E-state index in [0.717, 1.165) is 0 Å². The van der Waals surface area contributed by atoms with E-state index in [1.807, 2.05) is 0 Å². The molecule has 1 amide bonds. The minimum atomic E-state index is -0.247. The molecule has 3 nitrogen and oxygen atoms in total. The Morgan fingerprint density at radius 2 is 2.33 bits per heavy atom. The van der Waals surface area contributed by atoms with E-state index in [1.54, 1.807) is 25.1 Å². The highest BCUT2D eigenvalue weighted by atomic mass is 35.5. The lowest BCUT2D eigenvalue weighted by atomic mass is 10.2. The van der Waals surface area contributed by atoms with E-state index in [1.165, 1.54) is 0 Å². The van der Waals surface area contributed by atoms with Gasteiger partial charge >= 0.3 is 0 Å². The third-order valence-electron chi connectivity index (χ3n) is 1.75. The smallest absolute Gasteiger partial charge is 0.253 e. The Kier molecular flexibility index (Phi) is 4.02. The average Bonchev–Trinajstić information content (AvgIpc) is 2.17. The van der Waals surface area contributed by atoms with Gasteiger partial charge in [0.2, 0.25) is 0 Å². The van der Waals surface area contributed by atoms with Crippen LogP contribution in [-0.4, -0.2) is 12.5 Å². The molecule has 0 fully saturated rings. The van der Waals surface area contributed by atoms with E-state index in [4.69, 9.17) is 17.3 Å². The number of rotatable bonds is 2. The first-order chi connectivity index (χ1) is 7.15. The molecule has 4 heteroatoms. The van der Waals surface area contributed by atoms with Crippen molar-refractivity contribution in [1.29, 1.82) is 0 Å². The lowest BCUT2D eigenvalue weighted by Gasteiger charge is -2.04. The molecule has 3 N–H and O–H groups in total. The Labute approximate surface area is 93.6 Å². The van der Waals surface area contributed by atoms with Gasteiger partial charge in [0.1, 0.15) is 0 Å². The molecule has 1 rings (SSSR count). The van der Waals surface area contributed by atoms with Gasteiger partial charge in [-0.15, -0.1) is 5.92 Å². The molecule has 0 aromatic heterocycles. The Hall–Kier alpha value is -1.66. The topological polar surface area (TPSA) is 55.1 Å². The zero-order chi connectivity index (χ0) is 11.3. The maximum Gasteiger partial charge on any atom is 0.253 e. The van der Waals surface area contributed by atoms with Crippen LogP contribution in [0.1, 0.15) is 17.3 Å². The number of anilines is 1. The molecular formula is C11H11ClN2O. The van der Waals surface area contributed by atoms with Gasteiger partial charge in [0, 0.05) is 5.69 Å². The van der Waals surface area contributed by atoms with Crippen LogP contribution in [0.2, 0.25) is 5.02 Å². The fourth-order valence-corrected chi connectivity index (χ4v) is 1.30. The summed E-state index contributed by atoms with van der Waals surface area (Å²) >= 11 is 5.86. The zero-order valence-corrected chi connectivity index (χ0v) is 9.06. The normalized spacial score (nSPS) is 8.93. The number of halogens is 1. The number of nitrogens with two attached hydrogens (primary N) is 1. The van der Waals surface area contributed by atoms with Gasteiger partial charge < -0.3 is 11.1 Å². The predicted molar refractivity (Wildman–Crippen MR) is 61.6 cm³/mol. The number of benzene rings is 1. The largest absolute Gasteiger partial charge is 0.399 e. The highest BCUT2D eigenvalue weighted by Gasteiger charge is 2.08. The Morgan fingerprint density at radius 3 is 2.93 bits per heavy atom. The maximum atomic E-state index is 11.5. The standard InChI is InChI=1S/C11H11ClN2O/c1-2-3-6-14-11(15)9-5-4-8(13)7-10(9)12/h4-5,7H,6,13H2,1H3,(H,14,15). The average molecular weight is 223 g/mol. The van der Waals surface area contributed by atoms with Crippen molar-refractivity contribution in [1.82, 2.24) is 5.32 Å². The quantitative estimate of drug-likeness (QED) is 0.591. The van der Waals surface area contributed by atoms with Gasteiger partial charge in [-0.1, -0.05) is 17.5 Å². The number of hydrogen-bond donors (Lipinski definition) is 2. The summed E-state index contributed by atoms with van der Waals surface area (Å²) in [5.41, 5.74) is 6.45. The molecule has 0 saturated heterocycles. The third kappa shape index (κ3) is 3.19.